The number of ether oxygens (including phenoxy) is 1. The van der Waals surface area contributed by atoms with Gasteiger partial charge in [0.25, 0.3) is 11.8 Å². The highest BCUT2D eigenvalue weighted by Gasteiger charge is 2.20. The summed E-state index contributed by atoms with van der Waals surface area (Å²) in [6.07, 6.45) is 3.72. The lowest BCUT2D eigenvalue weighted by Gasteiger charge is -2.09. The van der Waals surface area contributed by atoms with Crippen LogP contribution in [0, 0.1) is 13.8 Å². The Bertz CT molecular complexity index is 1170. The first kappa shape index (κ1) is 20.3. The van der Waals surface area contributed by atoms with E-state index in [4.69, 9.17) is 13.8 Å². The number of carbonyl (C=O) groups is 1. The third kappa shape index (κ3) is 4.77. The summed E-state index contributed by atoms with van der Waals surface area (Å²) in [7, 11) is 0. The van der Waals surface area contributed by atoms with Crippen LogP contribution in [0.5, 0.6) is 5.75 Å². The average molecular weight is 419 g/mol. The molecule has 0 aliphatic carbocycles. The fourth-order valence-electron chi connectivity index (χ4n) is 2.94. The van der Waals surface area contributed by atoms with Gasteiger partial charge in [0.2, 0.25) is 0 Å². The minimum absolute atomic E-state index is 0.183. The van der Waals surface area contributed by atoms with E-state index in [0.29, 0.717) is 36.0 Å². The van der Waals surface area contributed by atoms with E-state index >= 15 is 0 Å². The molecule has 0 fully saturated rings. The zero-order valence-corrected chi connectivity index (χ0v) is 17.2. The number of amides is 1. The van der Waals surface area contributed by atoms with Gasteiger partial charge in [-0.2, -0.15) is 4.98 Å². The summed E-state index contributed by atoms with van der Waals surface area (Å²) in [5.41, 5.74) is 2.56. The van der Waals surface area contributed by atoms with Crippen molar-refractivity contribution in [1.29, 1.82) is 0 Å². The maximum Gasteiger partial charge on any atom is 0.273 e. The molecule has 0 unspecified atom stereocenters. The lowest BCUT2D eigenvalue weighted by atomic mass is 10.2. The van der Waals surface area contributed by atoms with E-state index < -0.39 is 0 Å². The van der Waals surface area contributed by atoms with E-state index in [1.807, 2.05) is 37.3 Å². The van der Waals surface area contributed by atoms with Crippen molar-refractivity contribution in [3.05, 3.63) is 77.2 Å². The summed E-state index contributed by atoms with van der Waals surface area (Å²) in [5.74, 6) is 1.81. The lowest BCUT2D eigenvalue weighted by molar-refractivity contribution is 0.0942. The van der Waals surface area contributed by atoms with Gasteiger partial charge in [0.05, 0.1) is 11.1 Å². The molecule has 31 heavy (non-hydrogen) atoms. The van der Waals surface area contributed by atoms with Crippen molar-refractivity contribution in [2.75, 3.05) is 6.54 Å². The van der Waals surface area contributed by atoms with E-state index in [2.05, 4.69) is 25.6 Å². The SMILES string of the molecule is Cc1ccccc1OCc1c(C(=O)NCCc2noc(-c3cccnc3)n2)noc1C. The normalized spacial score (nSPS) is 10.8. The number of rotatable bonds is 8. The van der Waals surface area contributed by atoms with Gasteiger partial charge in [-0.25, -0.2) is 0 Å². The minimum atomic E-state index is -0.351. The van der Waals surface area contributed by atoms with E-state index in [1.54, 1.807) is 25.4 Å². The molecule has 1 amide bonds. The number of benzene rings is 1. The molecule has 4 rings (SSSR count). The number of hydrogen-bond donors (Lipinski definition) is 1. The molecule has 4 aromatic rings. The number of aromatic nitrogens is 4. The number of nitrogens with zero attached hydrogens (tertiary/aromatic N) is 4. The number of para-hydroxylation sites is 1. The van der Waals surface area contributed by atoms with Crippen molar-refractivity contribution in [1.82, 2.24) is 25.6 Å². The van der Waals surface area contributed by atoms with E-state index in [-0.39, 0.29) is 18.2 Å². The molecule has 0 spiro atoms. The van der Waals surface area contributed by atoms with Crippen molar-refractivity contribution in [3.63, 3.8) is 0 Å². The Morgan fingerprint density at radius 2 is 1.97 bits per heavy atom. The highest BCUT2D eigenvalue weighted by molar-refractivity contribution is 5.93. The topological polar surface area (TPSA) is 116 Å². The zero-order chi connectivity index (χ0) is 21.6. The number of nitrogens with one attached hydrogen (secondary N) is 1. The molecule has 9 nitrogen and oxygen atoms in total. The standard InChI is InChI=1S/C22H21N5O4/c1-14-6-3-4-8-18(14)29-13-17-15(2)30-27-20(17)21(28)24-11-9-19-25-22(31-26-19)16-7-5-10-23-12-16/h3-8,10,12H,9,11,13H2,1-2H3,(H,24,28). The molecule has 3 aromatic heterocycles. The Kier molecular flexibility index (Phi) is 6.02. The monoisotopic (exact) mass is 419 g/mol. The third-order valence-electron chi connectivity index (χ3n) is 4.68. The quantitative estimate of drug-likeness (QED) is 0.462. The van der Waals surface area contributed by atoms with Gasteiger partial charge in [-0.05, 0) is 37.6 Å². The van der Waals surface area contributed by atoms with Crippen molar-refractivity contribution < 1.29 is 18.6 Å². The molecule has 0 atom stereocenters. The molecule has 0 saturated heterocycles. The molecule has 0 bridgehead atoms. The van der Waals surface area contributed by atoms with E-state index in [9.17, 15) is 4.79 Å². The van der Waals surface area contributed by atoms with Crippen molar-refractivity contribution in [2.45, 2.75) is 26.9 Å². The summed E-state index contributed by atoms with van der Waals surface area (Å²) in [5, 5.41) is 10.6. The zero-order valence-electron chi connectivity index (χ0n) is 17.2. The van der Waals surface area contributed by atoms with Gasteiger partial charge in [-0.1, -0.05) is 28.5 Å². The smallest absolute Gasteiger partial charge is 0.273 e. The average Bonchev–Trinajstić information content (AvgIpc) is 3.40. The third-order valence-corrected chi connectivity index (χ3v) is 4.68. The van der Waals surface area contributed by atoms with Crippen LogP contribution < -0.4 is 10.1 Å². The van der Waals surface area contributed by atoms with E-state index in [0.717, 1.165) is 16.9 Å². The molecule has 1 N–H and O–H groups in total. The number of carbonyl (C=O) groups excluding carboxylic acids is 1. The maximum absolute atomic E-state index is 12.6. The number of aryl methyl sites for hydroxylation is 2. The molecule has 9 heteroatoms. The Hall–Kier alpha value is -4.01. The van der Waals surface area contributed by atoms with Crippen LogP contribution >= 0.6 is 0 Å². The van der Waals surface area contributed by atoms with Gasteiger partial charge < -0.3 is 19.1 Å². The molecule has 0 saturated carbocycles. The Morgan fingerprint density at radius 3 is 2.77 bits per heavy atom. The largest absolute Gasteiger partial charge is 0.488 e. The summed E-state index contributed by atoms with van der Waals surface area (Å²) in [6, 6.07) is 11.3. The molecule has 1 aromatic carbocycles. The van der Waals surface area contributed by atoms with Gasteiger partial charge in [0.1, 0.15) is 18.1 Å². The van der Waals surface area contributed by atoms with Crippen LogP contribution in [-0.2, 0) is 13.0 Å². The number of hydrogen-bond acceptors (Lipinski definition) is 8. The predicted molar refractivity (Wildman–Crippen MR) is 110 cm³/mol. The predicted octanol–water partition coefficient (Wildman–Crippen LogP) is 3.29. The highest BCUT2D eigenvalue weighted by Crippen LogP contribution is 2.21. The van der Waals surface area contributed by atoms with Crippen molar-refractivity contribution >= 4 is 5.91 Å². The van der Waals surface area contributed by atoms with Gasteiger partial charge in [0, 0.05) is 25.4 Å². The first-order valence-corrected chi connectivity index (χ1v) is 9.76. The second-order valence-electron chi connectivity index (χ2n) is 6.88. The lowest BCUT2D eigenvalue weighted by Crippen LogP contribution is -2.27. The summed E-state index contributed by atoms with van der Waals surface area (Å²) < 4.78 is 16.3. The van der Waals surface area contributed by atoms with Crippen LogP contribution in [0.15, 0.2) is 57.8 Å². The maximum atomic E-state index is 12.6. The second-order valence-corrected chi connectivity index (χ2v) is 6.88. The van der Waals surface area contributed by atoms with Crippen LogP contribution in [0.1, 0.15) is 33.2 Å². The second kappa shape index (κ2) is 9.21. The summed E-state index contributed by atoms with van der Waals surface area (Å²) in [4.78, 5) is 21.0. The molecule has 158 valence electrons. The Labute approximate surface area is 178 Å². The van der Waals surface area contributed by atoms with Crippen molar-refractivity contribution in [3.8, 4) is 17.2 Å². The van der Waals surface area contributed by atoms with Crippen LogP contribution in [0.3, 0.4) is 0 Å². The van der Waals surface area contributed by atoms with Crippen LogP contribution in [0.4, 0.5) is 0 Å². The molecule has 0 aliphatic rings. The van der Waals surface area contributed by atoms with Gasteiger partial charge in [0.15, 0.2) is 11.5 Å². The summed E-state index contributed by atoms with van der Waals surface area (Å²) in [6.45, 7) is 4.21. The van der Waals surface area contributed by atoms with Crippen molar-refractivity contribution in [2.24, 2.45) is 0 Å². The molecule has 3 heterocycles. The van der Waals surface area contributed by atoms with Crippen LogP contribution in [0.25, 0.3) is 11.5 Å². The van der Waals surface area contributed by atoms with Gasteiger partial charge >= 0.3 is 0 Å². The molecular weight excluding hydrogens is 398 g/mol. The Morgan fingerprint density at radius 1 is 1.10 bits per heavy atom. The minimum Gasteiger partial charge on any atom is -0.488 e. The molecule has 0 radical (unpaired) electrons. The van der Waals surface area contributed by atoms with Crippen LogP contribution in [-0.4, -0.2) is 32.7 Å². The van der Waals surface area contributed by atoms with Crippen LogP contribution in [0.2, 0.25) is 0 Å². The van der Waals surface area contributed by atoms with Gasteiger partial charge in [-0.3, -0.25) is 9.78 Å². The molecular formula is C22H21N5O4. The highest BCUT2D eigenvalue weighted by atomic mass is 16.5. The molecule has 0 aliphatic heterocycles. The fraction of sp³-hybridized carbons (Fsp3) is 0.227. The Balaban J connectivity index is 1.34. The number of pyridine rings is 1. The first-order valence-electron chi connectivity index (χ1n) is 9.76. The summed E-state index contributed by atoms with van der Waals surface area (Å²) >= 11 is 0. The van der Waals surface area contributed by atoms with Gasteiger partial charge in [-0.15, -0.1) is 0 Å². The first-order chi connectivity index (χ1) is 15.1. The van der Waals surface area contributed by atoms with E-state index in [1.165, 1.54) is 0 Å². The fourth-order valence-corrected chi connectivity index (χ4v) is 2.94.